The molecule has 0 saturated heterocycles. The highest BCUT2D eigenvalue weighted by Gasteiger charge is 2.31. The number of halogens is 1. The van der Waals surface area contributed by atoms with E-state index in [4.69, 9.17) is 0 Å². The summed E-state index contributed by atoms with van der Waals surface area (Å²) in [4.78, 5) is 14.3. The van der Waals surface area contributed by atoms with Crippen LogP contribution in [0, 0.1) is 0 Å². The summed E-state index contributed by atoms with van der Waals surface area (Å²) in [7, 11) is 1.89. The van der Waals surface area contributed by atoms with E-state index in [0.717, 1.165) is 22.3 Å². The minimum Gasteiger partial charge on any atom is -0.506 e. The fourth-order valence-corrected chi connectivity index (χ4v) is 3.46. The maximum absolute atomic E-state index is 12.6. The van der Waals surface area contributed by atoms with Gasteiger partial charge < -0.3 is 10.0 Å². The Morgan fingerprint density at radius 1 is 1.16 bits per heavy atom. The number of aryl methyl sites for hydroxylation is 1. The number of carbonyl (C=O) groups is 1. The van der Waals surface area contributed by atoms with E-state index < -0.39 is 0 Å². The van der Waals surface area contributed by atoms with E-state index in [-0.39, 0.29) is 11.7 Å². The average molecular weight is 398 g/mol. The Labute approximate surface area is 153 Å². The number of nitrogens with zero attached hydrogens (tertiary/aromatic N) is 3. The SMILES string of the molecule is Cn1cc(-c2ccc(CN3Cc4ccc(Br)c(O)c4C3=O)cc2)cn1. The van der Waals surface area contributed by atoms with Gasteiger partial charge in [0, 0.05) is 31.9 Å². The van der Waals surface area contributed by atoms with Crippen LogP contribution in [-0.2, 0) is 20.1 Å². The number of benzene rings is 2. The van der Waals surface area contributed by atoms with Crippen LogP contribution in [0.2, 0.25) is 0 Å². The molecule has 0 fully saturated rings. The fraction of sp³-hybridized carbons (Fsp3) is 0.158. The van der Waals surface area contributed by atoms with Crippen LogP contribution >= 0.6 is 15.9 Å². The highest BCUT2D eigenvalue weighted by atomic mass is 79.9. The number of hydrogen-bond donors (Lipinski definition) is 1. The summed E-state index contributed by atoms with van der Waals surface area (Å²) < 4.78 is 2.32. The van der Waals surface area contributed by atoms with E-state index in [9.17, 15) is 9.90 Å². The van der Waals surface area contributed by atoms with Crippen molar-refractivity contribution in [2.24, 2.45) is 7.05 Å². The van der Waals surface area contributed by atoms with Crippen LogP contribution < -0.4 is 0 Å². The number of aromatic nitrogens is 2. The monoisotopic (exact) mass is 397 g/mol. The second kappa shape index (κ2) is 6.04. The molecular formula is C19H16BrN3O2. The van der Waals surface area contributed by atoms with Crippen molar-refractivity contribution in [1.29, 1.82) is 0 Å². The molecule has 6 heteroatoms. The van der Waals surface area contributed by atoms with Gasteiger partial charge in [-0.1, -0.05) is 30.3 Å². The summed E-state index contributed by atoms with van der Waals surface area (Å²) in [6, 6.07) is 11.8. The zero-order valence-corrected chi connectivity index (χ0v) is 15.2. The summed E-state index contributed by atoms with van der Waals surface area (Å²) in [5.74, 6) is -0.109. The van der Waals surface area contributed by atoms with Gasteiger partial charge in [-0.2, -0.15) is 5.10 Å². The van der Waals surface area contributed by atoms with Crippen molar-refractivity contribution >= 4 is 21.8 Å². The van der Waals surface area contributed by atoms with Gasteiger partial charge in [-0.3, -0.25) is 9.48 Å². The number of rotatable bonds is 3. The molecular weight excluding hydrogens is 382 g/mol. The number of hydrogen-bond acceptors (Lipinski definition) is 3. The Morgan fingerprint density at radius 3 is 2.60 bits per heavy atom. The second-order valence-corrected chi connectivity index (χ2v) is 7.05. The lowest BCUT2D eigenvalue weighted by atomic mass is 10.1. The molecule has 1 aromatic heterocycles. The first-order valence-corrected chi connectivity index (χ1v) is 8.70. The molecule has 0 saturated carbocycles. The third kappa shape index (κ3) is 2.82. The summed E-state index contributed by atoms with van der Waals surface area (Å²) in [6.07, 6.45) is 3.80. The van der Waals surface area contributed by atoms with Gasteiger partial charge in [0.1, 0.15) is 5.75 Å². The van der Waals surface area contributed by atoms with Crippen molar-refractivity contribution in [3.05, 3.63) is 70.0 Å². The van der Waals surface area contributed by atoms with Crippen LogP contribution in [0.25, 0.3) is 11.1 Å². The number of carbonyl (C=O) groups excluding carboxylic acids is 1. The zero-order chi connectivity index (χ0) is 17.6. The van der Waals surface area contributed by atoms with E-state index in [1.54, 1.807) is 15.6 Å². The highest BCUT2D eigenvalue weighted by Crippen LogP contribution is 2.36. The Kier molecular flexibility index (Phi) is 3.84. The number of fused-ring (bicyclic) bond motifs is 1. The smallest absolute Gasteiger partial charge is 0.258 e. The Bertz CT molecular complexity index is 963. The van der Waals surface area contributed by atoms with Crippen LogP contribution in [0.15, 0.2) is 53.3 Å². The molecule has 1 aliphatic rings. The molecule has 1 N–H and O–H groups in total. The van der Waals surface area contributed by atoms with Gasteiger partial charge in [-0.05, 0) is 38.7 Å². The van der Waals surface area contributed by atoms with Crippen molar-refractivity contribution in [2.45, 2.75) is 13.1 Å². The van der Waals surface area contributed by atoms with Crippen molar-refractivity contribution in [3.63, 3.8) is 0 Å². The summed E-state index contributed by atoms with van der Waals surface area (Å²) >= 11 is 3.27. The molecule has 126 valence electrons. The normalized spacial score (nSPS) is 13.4. The highest BCUT2D eigenvalue weighted by molar-refractivity contribution is 9.10. The van der Waals surface area contributed by atoms with E-state index in [1.165, 1.54) is 0 Å². The summed E-state index contributed by atoms with van der Waals surface area (Å²) in [6.45, 7) is 1.03. The minimum atomic E-state index is -0.134. The Balaban J connectivity index is 1.54. The first-order chi connectivity index (χ1) is 12.0. The summed E-state index contributed by atoms with van der Waals surface area (Å²) in [5, 5.41) is 14.3. The van der Waals surface area contributed by atoms with Crippen LogP contribution in [0.3, 0.4) is 0 Å². The maximum Gasteiger partial charge on any atom is 0.258 e. The van der Waals surface area contributed by atoms with Gasteiger partial charge >= 0.3 is 0 Å². The van der Waals surface area contributed by atoms with Crippen molar-refractivity contribution in [3.8, 4) is 16.9 Å². The van der Waals surface area contributed by atoms with Gasteiger partial charge in [0.25, 0.3) is 5.91 Å². The molecule has 1 amide bonds. The first-order valence-electron chi connectivity index (χ1n) is 7.90. The predicted molar refractivity (Wildman–Crippen MR) is 98.0 cm³/mol. The molecule has 1 aliphatic heterocycles. The lowest BCUT2D eigenvalue weighted by Crippen LogP contribution is -2.23. The van der Waals surface area contributed by atoms with Gasteiger partial charge in [0.2, 0.25) is 0 Å². The van der Waals surface area contributed by atoms with Crippen LogP contribution in [0.4, 0.5) is 0 Å². The van der Waals surface area contributed by atoms with Crippen LogP contribution in [0.5, 0.6) is 5.75 Å². The summed E-state index contributed by atoms with van der Waals surface area (Å²) in [5.41, 5.74) is 4.47. The van der Waals surface area contributed by atoms with Gasteiger partial charge in [0.15, 0.2) is 0 Å². The molecule has 0 atom stereocenters. The van der Waals surface area contributed by atoms with Gasteiger partial charge in [0.05, 0.1) is 16.2 Å². The Hall–Kier alpha value is -2.60. The topological polar surface area (TPSA) is 58.4 Å². The third-order valence-electron chi connectivity index (χ3n) is 4.44. The molecule has 0 aliphatic carbocycles. The predicted octanol–water partition coefficient (Wildman–Crippen LogP) is 3.71. The third-order valence-corrected chi connectivity index (χ3v) is 5.08. The van der Waals surface area contributed by atoms with E-state index in [1.807, 2.05) is 49.8 Å². The van der Waals surface area contributed by atoms with Crippen molar-refractivity contribution in [2.75, 3.05) is 0 Å². The minimum absolute atomic E-state index is 0.0249. The molecule has 25 heavy (non-hydrogen) atoms. The zero-order valence-electron chi connectivity index (χ0n) is 13.6. The van der Waals surface area contributed by atoms with E-state index in [2.05, 4.69) is 21.0 Å². The average Bonchev–Trinajstić information content (AvgIpc) is 3.17. The van der Waals surface area contributed by atoms with Gasteiger partial charge in [-0.25, -0.2) is 0 Å². The van der Waals surface area contributed by atoms with Crippen LogP contribution in [-0.4, -0.2) is 25.7 Å². The molecule has 3 aromatic rings. The maximum atomic E-state index is 12.6. The number of phenolic OH excluding ortho intramolecular Hbond substituents is 1. The molecule has 5 nitrogen and oxygen atoms in total. The van der Waals surface area contributed by atoms with Gasteiger partial charge in [-0.15, -0.1) is 0 Å². The number of amides is 1. The van der Waals surface area contributed by atoms with Crippen LogP contribution in [0.1, 0.15) is 21.5 Å². The fourth-order valence-electron chi connectivity index (χ4n) is 3.13. The molecule has 2 heterocycles. The lowest BCUT2D eigenvalue weighted by Gasteiger charge is -2.16. The molecule has 0 radical (unpaired) electrons. The largest absolute Gasteiger partial charge is 0.506 e. The first kappa shape index (κ1) is 15.9. The molecule has 0 unspecified atom stereocenters. The van der Waals surface area contributed by atoms with Crippen molar-refractivity contribution in [1.82, 2.24) is 14.7 Å². The Morgan fingerprint density at radius 2 is 1.92 bits per heavy atom. The molecule has 0 spiro atoms. The standard InChI is InChI=1S/C19H16BrN3O2/c1-22-10-15(8-21-22)13-4-2-12(3-5-13)9-23-11-14-6-7-16(20)18(24)17(14)19(23)25/h2-8,10,24H,9,11H2,1H3. The number of phenols is 1. The molecule has 4 rings (SSSR count). The molecule has 2 aromatic carbocycles. The quantitative estimate of drug-likeness (QED) is 0.732. The van der Waals surface area contributed by atoms with Crippen molar-refractivity contribution < 1.29 is 9.90 Å². The molecule has 0 bridgehead atoms. The van der Waals surface area contributed by atoms with E-state index >= 15 is 0 Å². The lowest BCUT2D eigenvalue weighted by molar-refractivity contribution is 0.0764. The second-order valence-electron chi connectivity index (χ2n) is 6.19. The van der Waals surface area contributed by atoms with E-state index in [0.29, 0.717) is 23.1 Å². The number of aromatic hydroxyl groups is 1.